The molecule has 4 rings (SSSR count). The molecule has 1 aromatic carbocycles. The smallest absolute Gasteiger partial charge is 0.256 e. The number of aromatic nitrogens is 3. The van der Waals surface area contributed by atoms with Gasteiger partial charge in [0.2, 0.25) is 5.91 Å². The molecule has 1 fully saturated rings. The molecule has 0 spiro atoms. The third-order valence-corrected chi connectivity index (χ3v) is 5.46. The standard InChI is InChI=1S/C23H27N5O2/c1-12-10-15(8-9-16(12)20(24)29)25-22(30)17-11-18(14-6-7-14)26-21-19(17)13(2)27-28(21)23(3,4)5/h8-11,14H,6-7H2,1-5H3,(H2,24,29)(H,25,30). The number of benzene rings is 1. The molecule has 3 N–H and O–H groups in total. The Morgan fingerprint density at radius 3 is 2.40 bits per heavy atom. The Bertz CT molecular complexity index is 1180. The normalized spacial score (nSPS) is 14.2. The third-order valence-electron chi connectivity index (χ3n) is 5.46. The van der Waals surface area contributed by atoms with Gasteiger partial charge in [-0.3, -0.25) is 9.59 Å². The van der Waals surface area contributed by atoms with E-state index in [1.807, 2.05) is 17.7 Å². The second-order valence-electron chi connectivity index (χ2n) is 9.08. The molecule has 0 bridgehead atoms. The van der Waals surface area contributed by atoms with E-state index in [-0.39, 0.29) is 11.4 Å². The SMILES string of the molecule is Cc1cc(NC(=O)c2cc(C3CC3)nc3c2c(C)nn3C(C)(C)C)ccc1C(N)=O. The largest absolute Gasteiger partial charge is 0.366 e. The number of amides is 2. The molecule has 0 atom stereocenters. The van der Waals surface area contributed by atoms with Gasteiger partial charge in [-0.25, -0.2) is 9.67 Å². The highest BCUT2D eigenvalue weighted by Crippen LogP contribution is 2.41. The van der Waals surface area contributed by atoms with E-state index >= 15 is 0 Å². The molecule has 2 amide bonds. The van der Waals surface area contributed by atoms with Crippen LogP contribution < -0.4 is 11.1 Å². The van der Waals surface area contributed by atoms with Crippen molar-refractivity contribution in [3.8, 4) is 0 Å². The summed E-state index contributed by atoms with van der Waals surface area (Å²) in [6.45, 7) is 9.93. The van der Waals surface area contributed by atoms with Gasteiger partial charge >= 0.3 is 0 Å². The van der Waals surface area contributed by atoms with Crippen LogP contribution in [0.5, 0.6) is 0 Å². The number of pyridine rings is 1. The Balaban J connectivity index is 1.79. The number of nitrogens with one attached hydrogen (secondary N) is 1. The summed E-state index contributed by atoms with van der Waals surface area (Å²) in [6.07, 6.45) is 2.19. The number of anilines is 1. The van der Waals surface area contributed by atoms with Crippen LogP contribution in [0.1, 0.15) is 77.2 Å². The lowest BCUT2D eigenvalue weighted by Crippen LogP contribution is -2.23. The van der Waals surface area contributed by atoms with Crippen molar-refractivity contribution in [2.75, 3.05) is 5.32 Å². The topological polar surface area (TPSA) is 103 Å². The van der Waals surface area contributed by atoms with E-state index in [4.69, 9.17) is 15.8 Å². The zero-order valence-corrected chi connectivity index (χ0v) is 18.0. The molecule has 7 heteroatoms. The van der Waals surface area contributed by atoms with Gasteiger partial charge in [0.1, 0.15) is 0 Å². The van der Waals surface area contributed by atoms with E-state index in [2.05, 4.69) is 26.1 Å². The second-order valence-corrected chi connectivity index (χ2v) is 9.08. The van der Waals surface area contributed by atoms with Crippen molar-refractivity contribution in [2.24, 2.45) is 5.73 Å². The van der Waals surface area contributed by atoms with Crippen LogP contribution >= 0.6 is 0 Å². The van der Waals surface area contributed by atoms with Gasteiger partial charge in [-0.05, 0) is 77.3 Å². The van der Waals surface area contributed by atoms with Gasteiger partial charge in [0.05, 0.1) is 22.2 Å². The molecule has 2 heterocycles. The first kappa shape index (κ1) is 20.1. The summed E-state index contributed by atoms with van der Waals surface area (Å²) in [7, 11) is 0. The van der Waals surface area contributed by atoms with Crippen LogP contribution in [-0.2, 0) is 5.54 Å². The predicted octanol–water partition coefficient (Wildman–Crippen LogP) is 4.03. The van der Waals surface area contributed by atoms with Crippen molar-refractivity contribution in [3.63, 3.8) is 0 Å². The summed E-state index contributed by atoms with van der Waals surface area (Å²) in [4.78, 5) is 29.7. The lowest BCUT2D eigenvalue weighted by atomic mass is 10.0. The molecule has 0 radical (unpaired) electrons. The monoisotopic (exact) mass is 405 g/mol. The molecular formula is C23H27N5O2. The average molecular weight is 406 g/mol. The molecule has 1 aliphatic rings. The summed E-state index contributed by atoms with van der Waals surface area (Å²) >= 11 is 0. The maximum Gasteiger partial charge on any atom is 0.256 e. The molecule has 0 aliphatic heterocycles. The van der Waals surface area contributed by atoms with Gasteiger partial charge in [-0.15, -0.1) is 0 Å². The van der Waals surface area contributed by atoms with Crippen LogP contribution in [-0.4, -0.2) is 26.6 Å². The van der Waals surface area contributed by atoms with Crippen molar-refractivity contribution in [1.29, 1.82) is 0 Å². The fourth-order valence-corrected chi connectivity index (χ4v) is 3.76. The molecule has 3 aromatic rings. The zero-order chi connectivity index (χ0) is 21.8. The number of hydrogen-bond donors (Lipinski definition) is 2. The summed E-state index contributed by atoms with van der Waals surface area (Å²) < 4.78 is 1.91. The Labute approximate surface area is 175 Å². The summed E-state index contributed by atoms with van der Waals surface area (Å²) in [6, 6.07) is 6.98. The Morgan fingerprint density at radius 2 is 1.83 bits per heavy atom. The van der Waals surface area contributed by atoms with Gasteiger partial charge in [-0.1, -0.05) is 0 Å². The molecule has 0 unspecified atom stereocenters. The van der Waals surface area contributed by atoms with Gasteiger partial charge in [0, 0.05) is 22.9 Å². The van der Waals surface area contributed by atoms with Crippen molar-refractivity contribution in [3.05, 3.63) is 52.3 Å². The van der Waals surface area contributed by atoms with Crippen LogP contribution in [0.15, 0.2) is 24.3 Å². The second kappa shape index (κ2) is 6.93. The first-order chi connectivity index (χ1) is 14.1. The third kappa shape index (κ3) is 3.56. The predicted molar refractivity (Wildman–Crippen MR) is 117 cm³/mol. The lowest BCUT2D eigenvalue weighted by molar-refractivity contribution is 0.0998. The number of carbonyl (C=O) groups is 2. The molecule has 7 nitrogen and oxygen atoms in total. The molecule has 2 aromatic heterocycles. The molecule has 1 saturated carbocycles. The van der Waals surface area contributed by atoms with E-state index in [1.54, 1.807) is 25.1 Å². The van der Waals surface area contributed by atoms with Gasteiger partial charge in [-0.2, -0.15) is 5.10 Å². The number of nitrogens with two attached hydrogens (primary N) is 1. The number of nitrogens with zero attached hydrogens (tertiary/aromatic N) is 3. The van der Waals surface area contributed by atoms with Gasteiger partial charge < -0.3 is 11.1 Å². The minimum absolute atomic E-state index is 0.216. The quantitative estimate of drug-likeness (QED) is 0.684. The molecule has 156 valence electrons. The molecule has 0 saturated heterocycles. The summed E-state index contributed by atoms with van der Waals surface area (Å²) in [5, 5.41) is 8.44. The maximum absolute atomic E-state index is 13.3. The first-order valence-corrected chi connectivity index (χ1v) is 10.2. The summed E-state index contributed by atoms with van der Waals surface area (Å²) in [5.74, 6) is -0.297. The number of aryl methyl sites for hydroxylation is 2. The van der Waals surface area contributed by atoms with Crippen molar-refractivity contribution in [2.45, 2.75) is 58.9 Å². The number of hydrogen-bond acceptors (Lipinski definition) is 4. The fourth-order valence-electron chi connectivity index (χ4n) is 3.76. The minimum atomic E-state index is -0.486. The molecule has 1 aliphatic carbocycles. The Kier molecular flexibility index (Phi) is 4.64. The van der Waals surface area contributed by atoms with E-state index in [0.29, 0.717) is 22.7 Å². The first-order valence-electron chi connectivity index (χ1n) is 10.2. The van der Waals surface area contributed by atoms with Crippen LogP contribution in [0.4, 0.5) is 5.69 Å². The number of rotatable bonds is 4. The van der Waals surface area contributed by atoms with E-state index in [0.717, 1.165) is 40.8 Å². The zero-order valence-electron chi connectivity index (χ0n) is 18.0. The van der Waals surface area contributed by atoms with Crippen LogP contribution in [0, 0.1) is 13.8 Å². The average Bonchev–Trinajstić information content (AvgIpc) is 3.44. The molecule has 30 heavy (non-hydrogen) atoms. The minimum Gasteiger partial charge on any atom is -0.366 e. The number of carbonyl (C=O) groups excluding carboxylic acids is 2. The van der Waals surface area contributed by atoms with Crippen molar-refractivity contribution < 1.29 is 9.59 Å². The van der Waals surface area contributed by atoms with Crippen molar-refractivity contribution >= 4 is 28.5 Å². The highest BCUT2D eigenvalue weighted by Gasteiger charge is 2.30. The maximum atomic E-state index is 13.3. The van der Waals surface area contributed by atoms with Crippen LogP contribution in [0.3, 0.4) is 0 Å². The fraction of sp³-hybridized carbons (Fsp3) is 0.391. The Morgan fingerprint density at radius 1 is 1.13 bits per heavy atom. The summed E-state index contributed by atoms with van der Waals surface area (Å²) in [5.41, 5.74) is 9.94. The number of fused-ring (bicyclic) bond motifs is 1. The number of primary amides is 1. The van der Waals surface area contributed by atoms with Crippen LogP contribution in [0.2, 0.25) is 0 Å². The van der Waals surface area contributed by atoms with E-state index in [9.17, 15) is 9.59 Å². The van der Waals surface area contributed by atoms with Crippen molar-refractivity contribution in [1.82, 2.24) is 14.8 Å². The van der Waals surface area contributed by atoms with Gasteiger partial charge in [0.25, 0.3) is 5.91 Å². The molecular weight excluding hydrogens is 378 g/mol. The highest BCUT2D eigenvalue weighted by atomic mass is 16.2. The van der Waals surface area contributed by atoms with E-state index in [1.165, 1.54) is 0 Å². The van der Waals surface area contributed by atoms with Crippen LogP contribution in [0.25, 0.3) is 11.0 Å². The van der Waals surface area contributed by atoms with Gasteiger partial charge in [0.15, 0.2) is 5.65 Å². The highest BCUT2D eigenvalue weighted by molar-refractivity contribution is 6.13. The van der Waals surface area contributed by atoms with E-state index < -0.39 is 5.91 Å². The Hall–Kier alpha value is -3.22. The lowest BCUT2D eigenvalue weighted by Gasteiger charge is -2.20.